The van der Waals surface area contributed by atoms with Gasteiger partial charge in [-0.15, -0.1) is 0 Å². The van der Waals surface area contributed by atoms with Gasteiger partial charge in [-0.25, -0.2) is 0 Å². The molecule has 0 atom stereocenters. The van der Waals surface area contributed by atoms with E-state index in [4.69, 9.17) is 18.0 Å². The number of nitrogens with zero attached hydrogens (tertiary/aromatic N) is 1. The van der Waals surface area contributed by atoms with Crippen molar-refractivity contribution in [2.45, 2.75) is 6.42 Å². The third-order valence-corrected chi connectivity index (χ3v) is 3.11. The van der Waals surface area contributed by atoms with Gasteiger partial charge in [-0.2, -0.15) is 0 Å². The summed E-state index contributed by atoms with van der Waals surface area (Å²) in [5, 5.41) is 9.49. The van der Waals surface area contributed by atoms with Crippen molar-refractivity contribution in [2.75, 3.05) is 13.6 Å². The Balaban J connectivity index is 2.74. The fourth-order valence-electron chi connectivity index (χ4n) is 1.25. The smallest absolute Gasteiger partial charge is 0.253 e. The SMILES string of the molecule is CN(CCC(N)=S)C(=O)c1ccc(Br)c(O)c1. The van der Waals surface area contributed by atoms with E-state index < -0.39 is 0 Å². The molecule has 0 spiro atoms. The molecule has 3 N–H and O–H groups in total. The molecule has 1 aromatic rings. The van der Waals surface area contributed by atoms with Crippen molar-refractivity contribution >= 4 is 39.0 Å². The second-order valence-corrected chi connectivity index (χ2v) is 4.99. The van der Waals surface area contributed by atoms with Crippen LogP contribution in [0.2, 0.25) is 0 Å². The number of phenolic OH excluding ortho intramolecular Hbond substituents is 1. The minimum Gasteiger partial charge on any atom is -0.507 e. The van der Waals surface area contributed by atoms with Crippen LogP contribution >= 0.6 is 28.1 Å². The quantitative estimate of drug-likeness (QED) is 0.833. The fraction of sp³-hybridized carbons (Fsp3) is 0.273. The van der Waals surface area contributed by atoms with E-state index in [1.165, 1.54) is 11.0 Å². The normalized spacial score (nSPS) is 10.0. The predicted octanol–water partition coefficient (Wildman–Crippen LogP) is 1.90. The molecule has 0 aliphatic rings. The summed E-state index contributed by atoms with van der Waals surface area (Å²) in [7, 11) is 1.67. The molecule has 1 rings (SSSR count). The molecule has 0 saturated carbocycles. The van der Waals surface area contributed by atoms with E-state index in [0.717, 1.165) is 0 Å². The first kappa shape index (κ1) is 13.9. The van der Waals surface area contributed by atoms with Gasteiger partial charge in [-0.3, -0.25) is 4.79 Å². The molecule has 0 aliphatic carbocycles. The third kappa shape index (κ3) is 3.98. The van der Waals surface area contributed by atoms with E-state index in [2.05, 4.69) is 15.9 Å². The molecule has 0 heterocycles. The zero-order valence-electron chi connectivity index (χ0n) is 9.31. The summed E-state index contributed by atoms with van der Waals surface area (Å²) in [5.74, 6) is -0.136. The Morgan fingerprint density at radius 3 is 2.76 bits per heavy atom. The molecule has 0 saturated heterocycles. The molecule has 0 fully saturated rings. The largest absolute Gasteiger partial charge is 0.507 e. The van der Waals surface area contributed by atoms with Gasteiger partial charge in [0.25, 0.3) is 5.91 Å². The van der Waals surface area contributed by atoms with Gasteiger partial charge in [0.2, 0.25) is 0 Å². The first-order valence-electron chi connectivity index (χ1n) is 4.94. The van der Waals surface area contributed by atoms with Crippen molar-refractivity contribution in [3.63, 3.8) is 0 Å². The zero-order valence-corrected chi connectivity index (χ0v) is 11.7. The highest BCUT2D eigenvalue weighted by molar-refractivity contribution is 9.10. The average Bonchev–Trinajstić information content (AvgIpc) is 2.28. The van der Waals surface area contributed by atoms with Crippen LogP contribution < -0.4 is 5.73 Å². The fourth-order valence-corrected chi connectivity index (χ4v) is 1.58. The van der Waals surface area contributed by atoms with E-state index in [1.54, 1.807) is 19.2 Å². The monoisotopic (exact) mass is 316 g/mol. The van der Waals surface area contributed by atoms with Gasteiger partial charge in [0, 0.05) is 25.6 Å². The molecule has 92 valence electrons. The number of phenols is 1. The maximum absolute atomic E-state index is 11.9. The van der Waals surface area contributed by atoms with Crippen LogP contribution in [0.5, 0.6) is 5.75 Å². The average molecular weight is 317 g/mol. The Hall–Kier alpha value is -1.14. The van der Waals surface area contributed by atoms with Crippen LogP contribution in [0.1, 0.15) is 16.8 Å². The number of thiocarbonyl (C=S) groups is 1. The second-order valence-electron chi connectivity index (χ2n) is 3.61. The van der Waals surface area contributed by atoms with Crippen molar-refractivity contribution in [3.05, 3.63) is 28.2 Å². The summed E-state index contributed by atoms with van der Waals surface area (Å²) in [6.07, 6.45) is 0.486. The van der Waals surface area contributed by atoms with E-state index >= 15 is 0 Å². The lowest BCUT2D eigenvalue weighted by Gasteiger charge is -2.17. The molecule has 0 aliphatic heterocycles. The van der Waals surface area contributed by atoms with Crippen LogP contribution in [0.25, 0.3) is 0 Å². The number of carbonyl (C=O) groups is 1. The number of amides is 1. The zero-order chi connectivity index (χ0) is 13.0. The topological polar surface area (TPSA) is 66.6 Å². The van der Waals surface area contributed by atoms with Gasteiger partial charge in [-0.1, -0.05) is 12.2 Å². The van der Waals surface area contributed by atoms with Crippen molar-refractivity contribution < 1.29 is 9.90 Å². The van der Waals surface area contributed by atoms with Gasteiger partial charge >= 0.3 is 0 Å². The summed E-state index contributed by atoms with van der Waals surface area (Å²) in [6, 6.07) is 4.69. The molecule has 0 bridgehead atoms. The molecular formula is C11H13BrN2O2S. The van der Waals surface area contributed by atoms with E-state index in [9.17, 15) is 9.90 Å². The summed E-state index contributed by atoms with van der Waals surface area (Å²) < 4.78 is 0.555. The summed E-state index contributed by atoms with van der Waals surface area (Å²) in [5.41, 5.74) is 5.80. The minimum atomic E-state index is -0.177. The lowest BCUT2D eigenvalue weighted by atomic mass is 10.2. The number of hydrogen-bond acceptors (Lipinski definition) is 3. The van der Waals surface area contributed by atoms with Crippen molar-refractivity contribution in [2.24, 2.45) is 5.73 Å². The maximum Gasteiger partial charge on any atom is 0.253 e. The molecule has 0 aromatic heterocycles. The number of rotatable bonds is 4. The predicted molar refractivity (Wildman–Crippen MR) is 74.2 cm³/mol. The number of halogens is 1. The summed E-state index contributed by atoms with van der Waals surface area (Å²) in [4.78, 5) is 13.8. The highest BCUT2D eigenvalue weighted by Crippen LogP contribution is 2.24. The van der Waals surface area contributed by atoms with Crippen LogP contribution in [0.4, 0.5) is 0 Å². The van der Waals surface area contributed by atoms with E-state index in [-0.39, 0.29) is 11.7 Å². The van der Waals surface area contributed by atoms with Gasteiger partial charge in [0.1, 0.15) is 5.75 Å². The van der Waals surface area contributed by atoms with E-state index in [0.29, 0.717) is 28.0 Å². The molecule has 17 heavy (non-hydrogen) atoms. The maximum atomic E-state index is 11.9. The van der Waals surface area contributed by atoms with Gasteiger partial charge < -0.3 is 15.7 Å². The van der Waals surface area contributed by atoms with Gasteiger partial charge in [0.15, 0.2) is 0 Å². The Morgan fingerprint density at radius 1 is 1.59 bits per heavy atom. The highest BCUT2D eigenvalue weighted by atomic mass is 79.9. The number of benzene rings is 1. The summed E-state index contributed by atoms with van der Waals surface area (Å²) in [6.45, 7) is 0.463. The molecule has 4 nitrogen and oxygen atoms in total. The van der Waals surface area contributed by atoms with Crippen LogP contribution in [-0.2, 0) is 0 Å². The van der Waals surface area contributed by atoms with Crippen LogP contribution in [-0.4, -0.2) is 34.5 Å². The number of aromatic hydroxyl groups is 1. The van der Waals surface area contributed by atoms with Crippen LogP contribution in [0, 0.1) is 0 Å². The Kier molecular flexibility index (Phi) is 4.89. The van der Waals surface area contributed by atoms with Crippen molar-refractivity contribution in [1.82, 2.24) is 4.90 Å². The minimum absolute atomic E-state index is 0.0404. The Morgan fingerprint density at radius 2 is 2.24 bits per heavy atom. The van der Waals surface area contributed by atoms with Crippen LogP contribution in [0.3, 0.4) is 0 Å². The lowest BCUT2D eigenvalue weighted by Crippen LogP contribution is -2.30. The van der Waals surface area contributed by atoms with E-state index in [1.807, 2.05) is 0 Å². The Labute approximate surface area is 114 Å². The molecule has 6 heteroatoms. The molecule has 0 radical (unpaired) electrons. The number of carbonyl (C=O) groups excluding carboxylic acids is 1. The highest BCUT2D eigenvalue weighted by Gasteiger charge is 2.13. The van der Waals surface area contributed by atoms with Crippen molar-refractivity contribution in [1.29, 1.82) is 0 Å². The van der Waals surface area contributed by atoms with Gasteiger partial charge in [-0.05, 0) is 34.1 Å². The molecule has 1 aromatic carbocycles. The standard InChI is InChI=1S/C11H13BrN2O2S/c1-14(5-4-10(13)17)11(16)7-2-3-8(12)9(15)6-7/h2-3,6,15H,4-5H2,1H3,(H2,13,17). The first-order chi connectivity index (χ1) is 7.91. The summed E-state index contributed by atoms with van der Waals surface area (Å²) >= 11 is 7.91. The molecule has 1 amide bonds. The van der Waals surface area contributed by atoms with Gasteiger partial charge in [0.05, 0.1) is 9.46 Å². The number of nitrogens with two attached hydrogens (primary N) is 1. The Bertz CT molecular complexity index is 451. The first-order valence-corrected chi connectivity index (χ1v) is 6.14. The number of hydrogen-bond donors (Lipinski definition) is 2. The van der Waals surface area contributed by atoms with Crippen molar-refractivity contribution in [3.8, 4) is 5.75 Å². The lowest BCUT2D eigenvalue weighted by molar-refractivity contribution is 0.0798. The third-order valence-electron chi connectivity index (χ3n) is 2.23. The second kappa shape index (κ2) is 5.97. The molecule has 0 unspecified atom stereocenters. The molecular weight excluding hydrogens is 304 g/mol. The van der Waals surface area contributed by atoms with Crippen LogP contribution in [0.15, 0.2) is 22.7 Å².